The molecule has 27 heavy (non-hydrogen) atoms. The normalized spacial score (nSPS) is 10.7. The molecule has 0 saturated heterocycles. The molecule has 0 unspecified atom stereocenters. The maximum absolute atomic E-state index is 12.5. The van der Waals surface area contributed by atoms with Gasteiger partial charge in [-0.1, -0.05) is 5.22 Å². The second-order valence-electron chi connectivity index (χ2n) is 6.14. The van der Waals surface area contributed by atoms with Gasteiger partial charge < -0.3 is 9.84 Å². The minimum Gasteiger partial charge on any atom is -0.494 e. The number of ketones is 1. The Bertz CT molecular complexity index is 784. The van der Waals surface area contributed by atoms with Crippen molar-refractivity contribution in [3.8, 4) is 5.75 Å². The smallest absolute Gasteiger partial charge is 0.303 e. The fourth-order valence-electron chi connectivity index (χ4n) is 2.26. The quantitative estimate of drug-likeness (QED) is 0.294. The predicted octanol–water partition coefficient (Wildman–Crippen LogP) is 4.11. The first-order valence-electron chi connectivity index (χ1n) is 8.64. The first-order valence-corrected chi connectivity index (χ1v) is 8.64. The predicted molar refractivity (Wildman–Crippen MR) is 102 cm³/mol. The van der Waals surface area contributed by atoms with Gasteiger partial charge in [0.25, 0.3) is 0 Å². The highest BCUT2D eigenvalue weighted by molar-refractivity contribution is 6.09. The molecule has 0 bridgehead atoms. The average Bonchev–Trinajstić information content (AvgIpc) is 2.66. The Labute approximate surface area is 158 Å². The van der Waals surface area contributed by atoms with Gasteiger partial charge in [0.1, 0.15) is 5.75 Å². The lowest BCUT2D eigenvalue weighted by atomic mass is 10.0. The van der Waals surface area contributed by atoms with E-state index in [2.05, 4.69) is 10.3 Å². The molecule has 7 heteroatoms. The summed E-state index contributed by atoms with van der Waals surface area (Å²) < 4.78 is 5.56. The summed E-state index contributed by atoms with van der Waals surface area (Å²) in [6.45, 7) is 0.448. The van der Waals surface area contributed by atoms with E-state index in [1.807, 2.05) is 0 Å². The summed E-state index contributed by atoms with van der Waals surface area (Å²) in [6.07, 6.45) is 1.40. The monoisotopic (exact) mass is 369 g/mol. The van der Waals surface area contributed by atoms with Gasteiger partial charge in [0.05, 0.1) is 12.3 Å². The molecule has 0 atom stereocenters. The van der Waals surface area contributed by atoms with Crippen LogP contribution in [0.5, 0.6) is 5.75 Å². The van der Waals surface area contributed by atoms with Gasteiger partial charge in [-0.15, -0.1) is 5.11 Å². The summed E-state index contributed by atoms with van der Waals surface area (Å²) in [6, 6.07) is 13.8. The molecular weight excluding hydrogens is 346 g/mol. The van der Waals surface area contributed by atoms with Crippen molar-refractivity contribution in [3.05, 3.63) is 59.7 Å². The zero-order chi connectivity index (χ0) is 19.6. The average molecular weight is 369 g/mol. The van der Waals surface area contributed by atoms with E-state index in [-0.39, 0.29) is 12.2 Å². The number of carboxylic acids is 1. The number of carbonyl (C=O) groups excluding carboxylic acids is 1. The molecule has 1 N–H and O–H groups in total. The SMILES string of the molecule is CN(C)N=Nc1ccc(C(=O)c2ccc(OCCCCC(=O)O)cc2)cc1. The Morgan fingerprint density at radius 2 is 1.56 bits per heavy atom. The van der Waals surface area contributed by atoms with Crippen molar-refractivity contribution in [2.45, 2.75) is 19.3 Å². The lowest BCUT2D eigenvalue weighted by Gasteiger charge is -2.07. The van der Waals surface area contributed by atoms with Crippen LogP contribution in [0.1, 0.15) is 35.2 Å². The number of unbranched alkanes of at least 4 members (excludes halogenated alkanes) is 1. The molecule has 142 valence electrons. The molecular formula is C20H23N3O4. The van der Waals surface area contributed by atoms with Gasteiger partial charge in [-0.2, -0.15) is 0 Å². The third kappa shape index (κ3) is 6.89. The summed E-state index contributed by atoms with van der Waals surface area (Å²) in [5, 5.41) is 18.1. The van der Waals surface area contributed by atoms with Gasteiger partial charge in [-0.3, -0.25) is 14.6 Å². The molecule has 7 nitrogen and oxygen atoms in total. The van der Waals surface area contributed by atoms with E-state index in [4.69, 9.17) is 9.84 Å². The highest BCUT2D eigenvalue weighted by atomic mass is 16.5. The molecule has 0 aliphatic heterocycles. The number of carboxylic acid groups (broad SMARTS) is 1. The van der Waals surface area contributed by atoms with E-state index < -0.39 is 5.97 Å². The van der Waals surface area contributed by atoms with E-state index in [9.17, 15) is 9.59 Å². The standard InChI is InChI=1S/C20H23N3O4/c1-23(2)22-21-17-10-6-15(7-11-17)20(26)16-8-12-18(13-9-16)27-14-4-3-5-19(24)25/h6-13H,3-5,14H2,1-2H3,(H,24,25). The molecule has 0 spiro atoms. The Morgan fingerprint density at radius 3 is 2.11 bits per heavy atom. The van der Waals surface area contributed by atoms with Crippen LogP contribution in [0.3, 0.4) is 0 Å². The van der Waals surface area contributed by atoms with Crippen molar-refractivity contribution in [1.82, 2.24) is 5.01 Å². The molecule has 0 heterocycles. The van der Waals surface area contributed by atoms with E-state index in [0.717, 1.165) is 0 Å². The lowest BCUT2D eigenvalue weighted by molar-refractivity contribution is -0.137. The van der Waals surface area contributed by atoms with Crippen molar-refractivity contribution in [1.29, 1.82) is 0 Å². The minimum absolute atomic E-state index is 0.0842. The summed E-state index contributed by atoms with van der Waals surface area (Å²) >= 11 is 0. The Balaban J connectivity index is 1.90. The van der Waals surface area contributed by atoms with Crippen LogP contribution in [0.15, 0.2) is 58.9 Å². The van der Waals surface area contributed by atoms with Gasteiger partial charge in [0, 0.05) is 31.6 Å². The van der Waals surface area contributed by atoms with Crippen molar-refractivity contribution in [2.24, 2.45) is 10.3 Å². The molecule has 0 aliphatic rings. The number of rotatable bonds is 10. The number of carbonyl (C=O) groups is 2. The van der Waals surface area contributed by atoms with E-state index in [1.54, 1.807) is 67.6 Å². The fourth-order valence-corrected chi connectivity index (χ4v) is 2.26. The molecule has 2 rings (SSSR count). The van der Waals surface area contributed by atoms with Gasteiger partial charge >= 0.3 is 5.97 Å². The maximum Gasteiger partial charge on any atom is 0.303 e. The number of hydrogen-bond donors (Lipinski definition) is 1. The van der Waals surface area contributed by atoms with E-state index >= 15 is 0 Å². The zero-order valence-electron chi connectivity index (χ0n) is 15.5. The van der Waals surface area contributed by atoms with E-state index in [1.165, 1.54) is 0 Å². The third-order valence-corrected chi connectivity index (χ3v) is 3.64. The molecule has 2 aromatic rings. The largest absolute Gasteiger partial charge is 0.494 e. The van der Waals surface area contributed by atoms with Crippen LogP contribution in [0.2, 0.25) is 0 Å². The summed E-state index contributed by atoms with van der Waals surface area (Å²) in [4.78, 5) is 23.0. The number of hydrogen-bond acceptors (Lipinski definition) is 5. The molecule has 0 saturated carbocycles. The Hall–Kier alpha value is -3.22. The molecule has 0 radical (unpaired) electrons. The molecule has 0 aromatic heterocycles. The van der Waals surface area contributed by atoms with Crippen LogP contribution in [0.25, 0.3) is 0 Å². The van der Waals surface area contributed by atoms with Crippen molar-refractivity contribution in [3.63, 3.8) is 0 Å². The van der Waals surface area contributed by atoms with Crippen LogP contribution < -0.4 is 4.74 Å². The first-order chi connectivity index (χ1) is 13.0. The van der Waals surface area contributed by atoms with Crippen molar-refractivity contribution < 1.29 is 19.4 Å². The number of nitrogens with zero attached hydrogens (tertiary/aromatic N) is 3. The Morgan fingerprint density at radius 1 is 0.963 bits per heavy atom. The van der Waals surface area contributed by atoms with Crippen LogP contribution in [0.4, 0.5) is 5.69 Å². The topological polar surface area (TPSA) is 91.6 Å². The third-order valence-electron chi connectivity index (χ3n) is 3.64. The van der Waals surface area contributed by atoms with E-state index in [0.29, 0.717) is 42.0 Å². The summed E-state index contributed by atoms with van der Waals surface area (Å²) in [5.74, 6) is -0.230. The number of aliphatic carboxylic acids is 1. The fraction of sp³-hybridized carbons (Fsp3) is 0.300. The Kier molecular flexibility index (Phi) is 7.49. The van der Waals surface area contributed by atoms with Crippen LogP contribution in [0, 0.1) is 0 Å². The first kappa shape index (κ1) is 20.1. The van der Waals surface area contributed by atoms with Gasteiger partial charge in [0.15, 0.2) is 5.78 Å². The van der Waals surface area contributed by atoms with Crippen LogP contribution in [-0.2, 0) is 4.79 Å². The molecule has 0 fully saturated rings. The minimum atomic E-state index is -0.799. The maximum atomic E-state index is 12.5. The molecule has 2 aromatic carbocycles. The van der Waals surface area contributed by atoms with Crippen LogP contribution >= 0.6 is 0 Å². The van der Waals surface area contributed by atoms with Gasteiger partial charge in [-0.05, 0) is 61.4 Å². The van der Waals surface area contributed by atoms with Crippen molar-refractivity contribution in [2.75, 3.05) is 20.7 Å². The number of ether oxygens (including phenoxy) is 1. The van der Waals surface area contributed by atoms with Crippen molar-refractivity contribution >= 4 is 17.4 Å². The highest BCUT2D eigenvalue weighted by Gasteiger charge is 2.09. The molecule has 0 aliphatic carbocycles. The lowest BCUT2D eigenvalue weighted by Crippen LogP contribution is -2.02. The second-order valence-corrected chi connectivity index (χ2v) is 6.14. The van der Waals surface area contributed by atoms with Gasteiger partial charge in [0.2, 0.25) is 0 Å². The summed E-state index contributed by atoms with van der Waals surface area (Å²) in [7, 11) is 3.57. The second kappa shape index (κ2) is 10.1. The van der Waals surface area contributed by atoms with Crippen LogP contribution in [-0.4, -0.2) is 42.6 Å². The highest BCUT2D eigenvalue weighted by Crippen LogP contribution is 2.19. The number of benzene rings is 2. The zero-order valence-corrected chi connectivity index (χ0v) is 15.5. The van der Waals surface area contributed by atoms with Gasteiger partial charge in [-0.25, -0.2) is 0 Å². The summed E-state index contributed by atoms with van der Waals surface area (Å²) in [5.41, 5.74) is 1.81. The molecule has 0 amide bonds.